The molecule has 1 aromatic carbocycles. The number of benzene rings is 1. The predicted octanol–water partition coefficient (Wildman–Crippen LogP) is 4.94. The summed E-state index contributed by atoms with van der Waals surface area (Å²) in [6.45, 7) is 12.9. The predicted molar refractivity (Wildman–Crippen MR) is 87.9 cm³/mol. The summed E-state index contributed by atoms with van der Waals surface area (Å²) in [6.07, 6.45) is 5.05. The van der Waals surface area contributed by atoms with Crippen molar-refractivity contribution >= 4 is 0 Å². The zero-order valence-corrected chi connectivity index (χ0v) is 13.9. The molecule has 2 rings (SSSR count). The van der Waals surface area contributed by atoms with Crippen molar-refractivity contribution in [2.45, 2.75) is 72.9 Å². The summed E-state index contributed by atoms with van der Waals surface area (Å²) in [5, 5.41) is 3.82. The summed E-state index contributed by atoms with van der Waals surface area (Å²) in [4.78, 5) is 0. The summed E-state index contributed by atoms with van der Waals surface area (Å²) >= 11 is 0. The van der Waals surface area contributed by atoms with Gasteiger partial charge in [-0.2, -0.15) is 0 Å². The van der Waals surface area contributed by atoms with Gasteiger partial charge >= 0.3 is 0 Å². The third-order valence-electron chi connectivity index (χ3n) is 4.64. The fourth-order valence-corrected chi connectivity index (χ4v) is 4.32. The molecule has 1 aromatic rings. The topological polar surface area (TPSA) is 12.0 Å². The molecule has 0 amide bonds. The molecule has 1 heteroatoms. The molecule has 20 heavy (non-hydrogen) atoms. The SMILES string of the molecule is CCc1ccccc1CNC1CC(C)(C)CC(C)(C)C1. The Kier molecular flexibility index (Phi) is 4.59. The molecule has 0 aliphatic heterocycles. The van der Waals surface area contributed by atoms with Crippen molar-refractivity contribution in [2.24, 2.45) is 10.8 Å². The van der Waals surface area contributed by atoms with Gasteiger partial charge in [0, 0.05) is 12.6 Å². The van der Waals surface area contributed by atoms with Crippen LogP contribution in [0.3, 0.4) is 0 Å². The van der Waals surface area contributed by atoms with Gasteiger partial charge in [-0.25, -0.2) is 0 Å². The fourth-order valence-electron chi connectivity index (χ4n) is 4.32. The summed E-state index contributed by atoms with van der Waals surface area (Å²) in [5.74, 6) is 0. The van der Waals surface area contributed by atoms with E-state index < -0.39 is 0 Å². The van der Waals surface area contributed by atoms with Gasteiger partial charge in [-0.3, -0.25) is 0 Å². The number of hydrogen-bond donors (Lipinski definition) is 1. The van der Waals surface area contributed by atoms with E-state index >= 15 is 0 Å². The van der Waals surface area contributed by atoms with Gasteiger partial charge in [0.15, 0.2) is 0 Å². The lowest BCUT2D eigenvalue weighted by atomic mass is 9.63. The van der Waals surface area contributed by atoms with Crippen LogP contribution in [-0.4, -0.2) is 6.04 Å². The van der Waals surface area contributed by atoms with Crippen LogP contribution in [-0.2, 0) is 13.0 Å². The molecule has 0 radical (unpaired) electrons. The molecule has 0 aromatic heterocycles. The van der Waals surface area contributed by atoms with Crippen molar-refractivity contribution < 1.29 is 0 Å². The lowest BCUT2D eigenvalue weighted by Gasteiger charge is -2.45. The van der Waals surface area contributed by atoms with Crippen LogP contribution >= 0.6 is 0 Å². The quantitative estimate of drug-likeness (QED) is 0.819. The highest BCUT2D eigenvalue weighted by molar-refractivity contribution is 5.26. The Morgan fingerprint density at radius 1 is 1.00 bits per heavy atom. The second-order valence-electron chi connectivity index (χ2n) is 8.11. The van der Waals surface area contributed by atoms with Gasteiger partial charge in [0.2, 0.25) is 0 Å². The van der Waals surface area contributed by atoms with Crippen molar-refractivity contribution in [1.82, 2.24) is 5.32 Å². The normalized spacial score (nSPS) is 21.9. The summed E-state index contributed by atoms with van der Waals surface area (Å²) in [6, 6.07) is 9.48. The Morgan fingerprint density at radius 3 is 2.10 bits per heavy atom. The van der Waals surface area contributed by atoms with Gasteiger partial charge in [0.1, 0.15) is 0 Å². The number of rotatable bonds is 4. The largest absolute Gasteiger partial charge is 0.310 e. The minimum atomic E-state index is 0.462. The van der Waals surface area contributed by atoms with E-state index in [1.807, 2.05) is 0 Å². The van der Waals surface area contributed by atoms with Gasteiger partial charge in [0.05, 0.1) is 0 Å². The Balaban J connectivity index is 2.00. The zero-order valence-electron chi connectivity index (χ0n) is 13.9. The first-order chi connectivity index (χ1) is 9.31. The van der Waals surface area contributed by atoms with E-state index in [9.17, 15) is 0 Å². The van der Waals surface area contributed by atoms with Crippen molar-refractivity contribution in [3.8, 4) is 0 Å². The van der Waals surface area contributed by atoms with Crippen LogP contribution < -0.4 is 5.32 Å². The van der Waals surface area contributed by atoms with Gasteiger partial charge in [-0.15, -0.1) is 0 Å². The molecule has 0 bridgehead atoms. The maximum Gasteiger partial charge on any atom is 0.0210 e. The molecular weight excluding hydrogens is 242 g/mol. The van der Waals surface area contributed by atoms with E-state index in [-0.39, 0.29) is 0 Å². The summed E-state index contributed by atoms with van der Waals surface area (Å²) in [7, 11) is 0. The average Bonchev–Trinajstić information content (AvgIpc) is 2.33. The first-order valence-corrected chi connectivity index (χ1v) is 8.11. The molecule has 1 nitrogen and oxygen atoms in total. The van der Waals surface area contributed by atoms with E-state index in [2.05, 4.69) is 64.2 Å². The molecule has 0 saturated heterocycles. The molecule has 1 fully saturated rings. The van der Waals surface area contributed by atoms with Crippen LogP contribution in [0.5, 0.6) is 0 Å². The second kappa shape index (κ2) is 5.89. The average molecular weight is 273 g/mol. The Morgan fingerprint density at radius 2 is 1.55 bits per heavy atom. The van der Waals surface area contributed by atoms with Crippen molar-refractivity contribution in [3.63, 3.8) is 0 Å². The highest BCUT2D eigenvalue weighted by Crippen LogP contribution is 2.45. The second-order valence-corrected chi connectivity index (χ2v) is 8.11. The van der Waals surface area contributed by atoms with Crippen molar-refractivity contribution in [1.29, 1.82) is 0 Å². The molecule has 0 unspecified atom stereocenters. The molecule has 1 aliphatic rings. The molecule has 112 valence electrons. The molecular formula is C19H31N. The van der Waals surface area contributed by atoms with Gasteiger partial charge < -0.3 is 5.32 Å². The maximum atomic E-state index is 3.82. The van der Waals surface area contributed by atoms with Gasteiger partial charge in [-0.1, -0.05) is 58.9 Å². The molecule has 1 saturated carbocycles. The van der Waals surface area contributed by atoms with Gasteiger partial charge in [-0.05, 0) is 47.6 Å². The molecule has 1 N–H and O–H groups in total. The monoisotopic (exact) mass is 273 g/mol. The minimum absolute atomic E-state index is 0.462. The Bertz CT molecular complexity index is 429. The first kappa shape index (κ1) is 15.6. The van der Waals surface area contributed by atoms with E-state index in [0.717, 1.165) is 13.0 Å². The van der Waals surface area contributed by atoms with E-state index in [1.165, 1.54) is 30.4 Å². The first-order valence-electron chi connectivity index (χ1n) is 8.11. The third-order valence-corrected chi connectivity index (χ3v) is 4.64. The fraction of sp³-hybridized carbons (Fsp3) is 0.684. The molecule has 0 heterocycles. The number of hydrogen-bond acceptors (Lipinski definition) is 1. The lowest BCUT2D eigenvalue weighted by molar-refractivity contribution is 0.0844. The van der Waals surface area contributed by atoms with Crippen molar-refractivity contribution in [3.05, 3.63) is 35.4 Å². The standard InChI is InChI=1S/C19H31N/c1-6-15-9-7-8-10-16(15)13-20-17-11-18(2,3)14-19(4,5)12-17/h7-10,17,20H,6,11-14H2,1-5H3. The van der Waals surface area contributed by atoms with Crippen LogP contribution in [0.15, 0.2) is 24.3 Å². The van der Waals surface area contributed by atoms with Crippen molar-refractivity contribution in [2.75, 3.05) is 0 Å². The Labute approximate surface area is 125 Å². The van der Waals surface area contributed by atoms with E-state index in [4.69, 9.17) is 0 Å². The van der Waals surface area contributed by atoms with E-state index in [0.29, 0.717) is 16.9 Å². The smallest absolute Gasteiger partial charge is 0.0210 e. The molecule has 1 aliphatic carbocycles. The zero-order chi connectivity index (χ0) is 14.8. The van der Waals surface area contributed by atoms with Crippen LogP contribution in [0.4, 0.5) is 0 Å². The van der Waals surface area contributed by atoms with Crippen LogP contribution in [0.1, 0.15) is 65.0 Å². The summed E-state index contributed by atoms with van der Waals surface area (Å²) in [5.41, 5.74) is 3.87. The van der Waals surface area contributed by atoms with Crippen LogP contribution in [0, 0.1) is 10.8 Å². The molecule has 0 spiro atoms. The van der Waals surface area contributed by atoms with Gasteiger partial charge in [0.25, 0.3) is 0 Å². The summed E-state index contributed by atoms with van der Waals surface area (Å²) < 4.78 is 0. The highest BCUT2D eigenvalue weighted by Gasteiger charge is 2.38. The van der Waals surface area contributed by atoms with E-state index in [1.54, 1.807) is 0 Å². The lowest BCUT2D eigenvalue weighted by Crippen LogP contribution is -2.43. The maximum absolute atomic E-state index is 3.82. The molecule has 0 atom stereocenters. The number of nitrogens with one attached hydrogen (secondary N) is 1. The van der Waals surface area contributed by atoms with Crippen LogP contribution in [0.2, 0.25) is 0 Å². The Hall–Kier alpha value is -0.820. The minimum Gasteiger partial charge on any atom is -0.310 e. The van der Waals surface area contributed by atoms with Crippen LogP contribution in [0.25, 0.3) is 0 Å². The third kappa shape index (κ3) is 4.09. The number of aryl methyl sites for hydroxylation is 1. The highest BCUT2D eigenvalue weighted by atomic mass is 14.9.